The molecule has 0 saturated carbocycles. The minimum Gasteiger partial charge on any atom is -0.344 e. The standard InChI is InChI=1S/C18H26N2/c1-2-3-4-5-12-19-17-13-15-10-6-8-14-9-7-11-16(20-17)18(14)15/h7,9,11,15H,2-6,8,10,12-13H2,1H3,(H,19,20). The van der Waals surface area contributed by atoms with Crippen LogP contribution in [0.4, 0.5) is 5.69 Å². The van der Waals surface area contributed by atoms with Crippen molar-refractivity contribution in [1.29, 1.82) is 0 Å². The molecule has 0 bridgehead atoms. The summed E-state index contributed by atoms with van der Waals surface area (Å²) in [6.45, 7) is 3.25. The van der Waals surface area contributed by atoms with Crippen molar-refractivity contribution in [2.75, 3.05) is 11.9 Å². The maximum absolute atomic E-state index is 4.81. The van der Waals surface area contributed by atoms with Gasteiger partial charge in [0.25, 0.3) is 0 Å². The van der Waals surface area contributed by atoms with Gasteiger partial charge in [-0.25, -0.2) is 0 Å². The first-order valence-electron chi connectivity index (χ1n) is 8.30. The highest BCUT2D eigenvalue weighted by Gasteiger charge is 2.28. The van der Waals surface area contributed by atoms with Gasteiger partial charge >= 0.3 is 0 Å². The van der Waals surface area contributed by atoms with Crippen LogP contribution in [0.5, 0.6) is 0 Å². The molecule has 1 aromatic rings. The summed E-state index contributed by atoms with van der Waals surface area (Å²) in [6, 6.07) is 6.72. The summed E-state index contributed by atoms with van der Waals surface area (Å²) < 4.78 is 0. The maximum Gasteiger partial charge on any atom is 0.101 e. The number of nitrogens with zero attached hydrogens (tertiary/aromatic N) is 1. The second kappa shape index (κ2) is 6.43. The fraction of sp³-hybridized carbons (Fsp3) is 0.611. The van der Waals surface area contributed by atoms with Gasteiger partial charge in [0.15, 0.2) is 0 Å². The van der Waals surface area contributed by atoms with Crippen LogP contribution >= 0.6 is 0 Å². The van der Waals surface area contributed by atoms with Crippen LogP contribution in [0, 0.1) is 0 Å². The maximum atomic E-state index is 4.81. The Kier molecular flexibility index (Phi) is 4.39. The highest BCUT2D eigenvalue weighted by molar-refractivity contribution is 5.99. The molecule has 1 aromatic carbocycles. The van der Waals surface area contributed by atoms with Gasteiger partial charge in [0.1, 0.15) is 5.84 Å². The first kappa shape index (κ1) is 13.7. The zero-order valence-corrected chi connectivity index (χ0v) is 12.6. The molecule has 0 fully saturated rings. The second-order valence-electron chi connectivity index (χ2n) is 6.19. The molecule has 1 aliphatic carbocycles. The quantitative estimate of drug-likeness (QED) is 0.756. The molecular weight excluding hydrogens is 244 g/mol. The summed E-state index contributed by atoms with van der Waals surface area (Å²) in [6.07, 6.45) is 10.2. The molecule has 2 aliphatic rings. The Labute approximate surface area is 122 Å². The predicted molar refractivity (Wildman–Crippen MR) is 86.8 cm³/mol. The van der Waals surface area contributed by atoms with Crippen LogP contribution in [0.1, 0.15) is 68.9 Å². The van der Waals surface area contributed by atoms with Crippen LogP contribution in [0.3, 0.4) is 0 Å². The number of aliphatic imine (C=N–C) groups is 1. The molecule has 1 N–H and O–H groups in total. The monoisotopic (exact) mass is 270 g/mol. The number of anilines is 1. The Bertz CT molecular complexity index is 490. The Morgan fingerprint density at radius 1 is 1.25 bits per heavy atom. The van der Waals surface area contributed by atoms with Crippen molar-refractivity contribution in [2.45, 2.75) is 64.2 Å². The average molecular weight is 270 g/mol. The van der Waals surface area contributed by atoms with Gasteiger partial charge in [0.2, 0.25) is 0 Å². The van der Waals surface area contributed by atoms with Crippen LogP contribution in [0.2, 0.25) is 0 Å². The molecule has 1 atom stereocenters. The van der Waals surface area contributed by atoms with E-state index in [-0.39, 0.29) is 0 Å². The highest BCUT2D eigenvalue weighted by Crippen LogP contribution is 2.41. The lowest BCUT2D eigenvalue weighted by Gasteiger charge is -2.33. The van der Waals surface area contributed by atoms with E-state index in [1.807, 2.05) is 0 Å². The predicted octanol–water partition coefficient (Wildman–Crippen LogP) is 4.90. The minimum atomic E-state index is 0.714. The van der Waals surface area contributed by atoms with Gasteiger partial charge in [0, 0.05) is 18.7 Å². The first-order valence-corrected chi connectivity index (χ1v) is 8.30. The Morgan fingerprint density at radius 3 is 3.10 bits per heavy atom. The molecular formula is C18H26N2. The van der Waals surface area contributed by atoms with Crippen molar-refractivity contribution in [3.63, 3.8) is 0 Å². The van der Waals surface area contributed by atoms with Gasteiger partial charge in [-0.05, 0) is 48.8 Å². The van der Waals surface area contributed by atoms with E-state index in [0.717, 1.165) is 13.0 Å². The zero-order valence-electron chi connectivity index (χ0n) is 12.6. The molecule has 0 amide bonds. The van der Waals surface area contributed by atoms with Crippen molar-refractivity contribution in [3.8, 4) is 0 Å². The number of unbranched alkanes of at least 4 members (excludes halogenated alkanes) is 3. The average Bonchev–Trinajstić information content (AvgIpc) is 2.48. The zero-order chi connectivity index (χ0) is 13.8. The molecule has 2 heteroatoms. The van der Waals surface area contributed by atoms with Gasteiger partial charge in [-0.1, -0.05) is 38.3 Å². The summed E-state index contributed by atoms with van der Waals surface area (Å²) in [5.41, 5.74) is 4.47. The topological polar surface area (TPSA) is 24.4 Å². The van der Waals surface area contributed by atoms with Crippen molar-refractivity contribution in [1.82, 2.24) is 0 Å². The number of hydrogen-bond donors (Lipinski definition) is 1. The van der Waals surface area contributed by atoms with Crippen LogP contribution < -0.4 is 5.32 Å². The van der Waals surface area contributed by atoms with Crippen LogP contribution in [0.15, 0.2) is 23.2 Å². The molecule has 0 radical (unpaired) electrons. The number of hydrogen-bond acceptors (Lipinski definition) is 1. The molecule has 20 heavy (non-hydrogen) atoms. The summed E-state index contributed by atoms with van der Waals surface area (Å²) in [5.74, 6) is 1.93. The third-order valence-electron chi connectivity index (χ3n) is 4.64. The molecule has 1 aliphatic heterocycles. The highest BCUT2D eigenvalue weighted by atomic mass is 15.0. The minimum absolute atomic E-state index is 0.714. The SMILES string of the molecule is CCCCCCN=C1CC2CCCc3cccc(c32)N1. The number of nitrogens with one attached hydrogen (secondary N) is 1. The Hall–Kier alpha value is -1.31. The van der Waals surface area contributed by atoms with E-state index < -0.39 is 0 Å². The molecule has 108 valence electrons. The van der Waals surface area contributed by atoms with Crippen molar-refractivity contribution < 1.29 is 0 Å². The number of benzene rings is 1. The molecule has 1 heterocycles. The van der Waals surface area contributed by atoms with Gasteiger partial charge in [0.05, 0.1) is 0 Å². The van der Waals surface area contributed by atoms with Crippen molar-refractivity contribution >= 4 is 11.5 Å². The van der Waals surface area contributed by atoms with Crippen LogP contribution in [-0.2, 0) is 6.42 Å². The van der Waals surface area contributed by atoms with Crippen LogP contribution in [-0.4, -0.2) is 12.4 Å². The fourth-order valence-electron chi connectivity index (χ4n) is 3.61. The number of aryl methyl sites for hydroxylation is 1. The Balaban J connectivity index is 1.68. The summed E-state index contributed by atoms with van der Waals surface area (Å²) in [7, 11) is 0. The van der Waals surface area contributed by atoms with Crippen molar-refractivity contribution in [2.24, 2.45) is 4.99 Å². The van der Waals surface area contributed by atoms with Crippen molar-refractivity contribution in [3.05, 3.63) is 29.3 Å². The molecule has 0 saturated heterocycles. The lowest BCUT2D eigenvalue weighted by atomic mass is 9.78. The number of amidine groups is 1. The van der Waals surface area contributed by atoms with E-state index in [2.05, 4.69) is 30.4 Å². The summed E-state index contributed by atoms with van der Waals surface area (Å²) >= 11 is 0. The number of rotatable bonds is 5. The van der Waals surface area contributed by atoms with E-state index in [1.165, 1.54) is 56.5 Å². The van der Waals surface area contributed by atoms with Gasteiger partial charge in [-0.3, -0.25) is 4.99 Å². The molecule has 2 nitrogen and oxygen atoms in total. The van der Waals surface area contributed by atoms with Gasteiger partial charge in [-0.2, -0.15) is 0 Å². The normalized spacial score (nSPS) is 22.4. The molecule has 0 spiro atoms. The largest absolute Gasteiger partial charge is 0.344 e. The lowest BCUT2D eigenvalue weighted by molar-refractivity contribution is 0.562. The van der Waals surface area contributed by atoms with E-state index in [9.17, 15) is 0 Å². The molecule has 0 aromatic heterocycles. The Morgan fingerprint density at radius 2 is 2.20 bits per heavy atom. The second-order valence-corrected chi connectivity index (χ2v) is 6.19. The first-order chi connectivity index (χ1) is 9.88. The summed E-state index contributed by atoms with van der Waals surface area (Å²) in [4.78, 5) is 4.81. The van der Waals surface area contributed by atoms with E-state index in [0.29, 0.717) is 5.92 Å². The molecule has 1 unspecified atom stereocenters. The summed E-state index contributed by atoms with van der Waals surface area (Å²) in [5, 5.41) is 3.58. The third kappa shape index (κ3) is 2.89. The van der Waals surface area contributed by atoms with Gasteiger partial charge < -0.3 is 5.32 Å². The smallest absolute Gasteiger partial charge is 0.101 e. The van der Waals surface area contributed by atoms with E-state index >= 15 is 0 Å². The lowest BCUT2D eigenvalue weighted by Crippen LogP contribution is -2.26. The van der Waals surface area contributed by atoms with E-state index in [1.54, 1.807) is 11.1 Å². The third-order valence-corrected chi connectivity index (χ3v) is 4.64. The fourth-order valence-corrected chi connectivity index (χ4v) is 3.61. The molecule has 3 rings (SSSR count). The van der Waals surface area contributed by atoms with Crippen LogP contribution in [0.25, 0.3) is 0 Å². The van der Waals surface area contributed by atoms with E-state index in [4.69, 9.17) is 4.99 Å². The van der Waals surface area contributed by atoms with Gasteiger partial charge in [-0.15, -0.1) is 0 Å².